The number of benzene rings is 1. The van der Waals surface area contributed by atoms with Gasteiger partial charge < -0.3 is 10.5 Å². The molecule has 0 fully saturated rings. The Hall–Kier alpha value is -1.17. The molecule has 2 aromatic rings. The average Bonchev–Trinajstić information content (AvgIpc) is 2.94. The molecule has 3 nitrogen and oxygen atoms in total. The van der Waals surface area contributed by atoms with Crippen molar-refractivity contribution in [3.8, 4) is 28.5 Å². The van der Waals surface area contributed by atoms with Crippen LogP contribution in [0.5, 0.6) is 5.75 Å². The number of carbonyl (C=O) groups excluding carboxylic acids is 1. The average molecular weight is 368 g/mol. The number of rotatable bonds is 6. The van der Waals surface area contributed by atoms with Gasteiger partial charge in [0.15, 0.2) is 0 Å². The van der Waals surface area contributed by atoms with Gasteiger partial charge >= 0.3 is 5.97 Å². The Labute approximate surface area is 145 Å². The second-order valence-corrected chi connectivity index (χ2v) is 8.21. The van der Waals surface area contributed by atoms with Crippen LogP contribution in [-0.2, 0) is 4.79 Å². The number of hydrogen-bond donors (Lipinski definition) is 1. The van der Waals surface area contributed by atoms with Crippen LogP contribution in [0.3, 0.4) is 0 Å². The quantitative estimate of drug-likeness (QED) is 0.210. The fraction of sp³-hybridized carbons (Fsp3) is 0.200. The Morgan fingerprint density at radius 1 is 1.41 bits per heavy atom. The topological polar surface area (TPSA) is 52.3 Å². The second kappa shape index (κ2) is 8.46. The molecule has 2 rings (SSSR count). The second-order valence-electron chi connectivity index (χ2n) is 4.27. The summed E-state index contributed by atoms with van der Waals surface area (Å²) in [5.41, 5.74) is 6.80. The van der Waals surface area contributed by atoms with Crippen molar-refractivity contribution in [3.05, 3.63) is 34.2 Å². The first kappa shape index (κ1) is 17.2. The molecule has 0 aliphatic rings. The third-order valence-electron chi connectivity index (χ3n) is 2.61. The predicted molar refractivity (Wildman–Crippen MR) is 98.2 cm³/mol. The fourth-order valence-corrected chi connectivity index (χ4v) is 4.59. The smallest absolute Gasteiger partial charge is 0.329 e. The van der Waals surface area contributed by atoms with Crippen molar-refractivity contribution >= 4 is 50.6 Å². The molecule has 1 aromatic carbocycles. The van der Waals surface area contributed by atoms with Crippen molar-refractivity contribution in [3.63, 3.8) is 0 Å². The summed E-state index contributed by atoms with van der Waals surface area (Å²) in [5.74, 6) is 3.48. The van der Waals surface area contributed by atoms with Crippen molar-refractivity contribution in [2.75, 3.05) is 11.5 Å². The first-order chi connectivity index (χ1) is 10.6. The van der Waals surface area contributed by atoms with Crippen molar-refractivity contribution in [2.24, 2.45) is 5.73 Å². The van der Waals surface area contributed by atoms with E-state index in [1.807, 2.05) is 18.2 Å². The molecule has 0 spiro atoms. The number of esters is 1. The highest BCUT2D eigenvalue weighted by atomic mass is 32.9. The maximum Gasteiger partial charge on any atom is 0.329 e. The van der Waals surface area contributed by atoms with Gasteiger partial charge in [-0.25, -0.2) is 4.79 Å². The van der Waals surface area contributed by atoms with Crippen LogP contribution in [0.25, 0.3) is 10.4 Å². The first-order valence-corrected chi connectivity index (χ1v) is 10.0. The summed E-state index contributed by atoms with van der Waals surface area (Å²) < 4.78 is 6.13. The minimum atomic E-state index is -0.681. The van der Waals surface area contributed by atoms with E-state index >= 15 is 0 Å². The molecule has 0 amide bonds. The van der Waals surface area contributed by atoms with Gasteiger partial charge in [-0.2, -0.15) is 0 Å². The molecule has 1 aromatic heterocycles. The van der Waals surface area contributed by atoms with Gasteiger partial charge in [0.25, 0.3) is 0 Å². The Balaban J connectivity index is 1.95. The van der Waals surface area contributed by atoms with E-state index in [1.165, 1.54) is 11.8 Å². The Morgan fingerprint density at radius 3 is 2.73 bits per heavy atom. The number of hydrogen-bond acceptors (Lipinski definition) is 7. The van der Waals surface area contributed by atoms with E-state index in [1.54, 1.807) is 32.8 Å². The van der Waals surface area contributed by atoms with Crippen LogP contribution in [-0.4, -0.2) is 23.5 Å². The minimum Gasteiger partial charge on any atom is -0.425 e. The van der Waals surface area contributed by atoms with Gasteiger partial charge in [-0.15, -0.1) is 18.2 Å². The summed E-state index contributed by atoms with van der Waals surface area (Å²) in [7, 11) is 3.20. The molecular formula is C15H13NO2S4. The number of nitrogens with two attached hydrogens (primary N) is 1. The first-order valence-electron chi connectivity index (χ1n) is 6.29. The molecule has 0 saturated heterocycles. The van der Waals surface area contributed by atoms with Crippen LogP contribution >= 0.6 is 44.7 Å². The number of ether oxygens (including phenoxy) is 1. The van der Waals surface area contributed by atoms with E-state index in [0.29, 0.717) is 17.3 Å². The lowest BCUT2D eigenvalue weighted by atomic mass is 10.2. The normalized spacial score (nSPS) is 11.6. The lowest BCUT2D eigenvalue weighted by Gasteiger charge is -2.10. The molecular weight excluding hydrogens is 354 g/mol. The van der Waals surface area contributed by atoms with E-state index in [4.69, 9.17) is 29.1 Å². The molecule has 7 heteroatoms. The summed E-state index contributed by atoms with van der Waals surface area (Å²) in [6.45, 7) is 0. The van der Waals surface area contributed by atoms with Crippen molar-refractivity contribution in [1.82, 2.24) is 0 Å². The fourth-order valence-electron chi connectivity index (χ4n) is 1.56. The van der Waals surface area contributed by atoms with Gasteiger partial charge in [0, 0.05) is 10.6 Å². The highest BCUT2D eigenvalue weighted by molar-refractivity contribution is 7.99. The molecule has 114 valence electrons. The zero-order chi connectivity index (χ0) is 15.9. The molecule has 0 radical (unpaired) electrons. The predicted octanol–water partition coefficient (Wildman–Crippen LogP) is 3.81. The summed E-state index contributed by atoms with van der Waals surface area (Å²) >= 11 is 6.55. The highest BCUT2D eigenvalue weighted by Gasteiger charge is 2.15. The molecule has 2 N–H and O–H groups in total. The molecule has 0 aliphatic heterocycles. The van der Waals surface area contributed by atoms with Crippen LogP contribution in [0.1, 0.15) is 0 Å². The van der Waals surface area contributed by atoms with Crippen LogP contribution in [0.4, 0.5) is 0 Å². The third-order valence-corrected chi connectivity index (χ3v) is 6.48. The van der Waals surface area contributed by atoms with Gasteiger partial charge in [-0.05, 0) is 35.9 Å². The largest absolute Gasteiger partial charge is 0.425 e. The van der Waals surface area contributed by atoms with Crippen LogP contribution < -0.4 is 10.5 Å². The maximum absolute atomic E-state index is 11.8. The molecule has 1 heterocycles. The van der Waals surface area contributed by atoms with Crippen LogP contribution in [0.2, 0.25) is 0 Å². The molecule has 0 bridgehead atoms. The van der Waals surface area contributed by atoms with E-state index in [0.717, 1.165) is 14.3 Å². The van der Waals surface area contributed by atoms with Crippen LogP contribution in [0.15, 0.2) is 30.3 Å². The van der Waals surface area contributed by atoms with Crippen molar-refractivity contribution < 1.29 is 9.53 Å². The molecule has 0 aliphatic carbocycles. The highest BCUT2D eigenvalue weighted by Crippen LogP contribution is 2.30. The lowest BCUT2D eigenvalue weighted by Crippen LogP contribution is -2.36. The zero-order valence-corrected chi connectivity index (χ0v) is 14.7. The van der Waals surface area contributed by atoms with Gasteiger partial charge in [0.1, 0.15) is 15.6 Å². The summed E-state index contributed by atoms with van der Waals surface area (Å²) in [5, 5.41) is 0. The molecule has 1 atom stereocenters. The van der Waals surface area contributed by atoms with E-state index in [2.05, 4.69) is 5.92 Å². The van der Waals surface area contributed by atoms with Gasteiger partial charge in [0.2, 0.25) is 0 Å². The summed E-state index contributed by atoms with van der Waals surface area (Å²) in [6, 6.07) is 8.58. The monoisotopic (exact) mass is 367 g/mol. The Morgan fingerprint density at radius 2 is 2.14 bits per heavy atom. The standard InChI is InChI=1S/C15H13NO2S4/c1-2-7-20-9-12(16)15(17)18-11-5-3-10(4-6-11)13-8-14(19)22-21-13/h1,3-6,8,12H,7,9,16H2. The Bertz CT molecular complexity index is 727. The summed E-state index contributed by atoms with van der Waals surface area (Å²) in [4.78, 5) is 12.9. The van der Waals surface area contributed by atoms with Gasteiger partial charge in [0.05, 0.1) is 5.75 Å². The number of carbonyl (C=O) groups is 1. The van der Waals surface area contributed by atoms with E-state index in [-0.39, 0.29) is 0 Å². The zero-order valence-electron chi connectivity index (χ0n) is 11.5. The van der Waals surface area contributed by atoms with Crippen molar-refractivity contribution in [2.45, 2.75) is 6.04 Å². The lowest BCUT2D eigenvalue weighted by molar-refractivity contribution is -0.135. The molecule has 22 heavy (non-hydrogen) atoms. The number of thioether (sulfide) groups is 1. The maximum atomic E-state index is 11.8. The van der Waals surface area contributed by atoms with Gasteiger partial charge in [-0.1, -0.05) is 38.8 Å². The third kappa shape index (κ3) is 4.93. The summed E-state index contributed by atoms with van der Waals surface area (Å²) in [6.07, 6.45) is 5.15. The van der Waals surface area contributed by atoms with E-state index in [9.17, 15) is 4.79 Å². The van der Waals surface area contributed by atoms with Gasteiger partial charge in [-0.3, -0.25) is 0 Å². The molecule has 0 saturated carbocycles. The SMILES string of the molecule is C#CCSCC(N)C(=O)Oc1ccc(-c2cc(=S)ss2)cc1. The van der Waals surface area contributed by atoms with E-state index < -0.39 is 12.0 Å². The molecule has 1 unspecified atom stereocenters. The van der Waals surface area contributed by atoms with Crippen molar-refractivity contribution in [1.29, 1.82) is 0 Å². The number of terminal acetylenes is 1. The minimum absolute atomic E-state index is 0.444. The Kier molecular flexibility index (Phi) is 6.61. The van der Waals surface area contributed by atoms with Crippen LogP contribution in [0, 0.1) is 16.2 Å².